The van der Waals surface area contributed by atoms with Crippen LogP contribution in [0.15, 0.2) is 56.9 Å². The zero-order valence-corrected chi connectivity index (χ0v) is 19.8. The lowest BCUT2D eigenvalue weighted by Crippen LogP contribution is -2.38. The topological polar surface area (TPSA) is 157 Å². The van der Waals surface area contributed by atoms with Gasteiger partial charge < -0.3 is 25.2 Å². The number of methoxy groups -OCH3 is 1. The van der Waals surface area contributed by atoms with Gasteiger partial charge in [0.05, 0.1) is 18.3 Å². The van der Waals surface area contributed by atoms with Crippen LogP contribution in [0, 0.1) is 0 Å². The molecule has 10 nitrogen and oxygen atoms in total. The summed E-state index contributed by atoms with van der Waals surface area (Å²) < 4.78 is 35.0. The molecule has 3 rings (SSSR count). The number of ether oxygens (including phenoxy) is 2. The van der Waals surface area contributed by atoms with Crippen molar-refractivity contribution in [1.29, 1.82) is 0 Å². The molecule has 0 bridgehead atoms. The molecule has 0 radical (unpaired) electrons. The molecule has 0 aliphatic carbocycles. The van der Waals surface area contributed by atoms with Crippen LogP contribution in [0.2, 0.25) is 0 Å². The quantitative estimate of drug-likeness (QED) is 0.161. The average Bonchev–Trinajstić information content (AvgIpc) is 2.81. The third-order valence-electron chi connectivity index (χ3n) is 5.07. The number of primary sulfonamides is 1. The van der Waals surface area contributed by atoms with Crippen molar-refractivity contribution in [1.82, 2.24) is 0 Å². The van der Waals surface area contributed by atoms with Crippen LogP contribution in [0.1, 0.15) is 17.2 Å². The summed E-state index contributed by atoms with van der Waals surface area (Å²) in [5, 5.41) is 20.5. The van der Waals surface area contributed by atoms with Crippen LogP contribution in [0.4, 0.5) is 17.1 Å². The summed E-state index contributed by atoms with van der Waals surface area (Å²) in [5.41, 5.74) is -0.496. The number of hydrogen-bond donors (Lipinski definition) is 4. The van der Waals surface area contributed by atoms with E-state index in [4.69, 9.17) is 26.2 Å². The summed E-state index contributed by atoms with van der Waals surface area (Å²) in [7, 11) is -2.78. The van der Waals surface area contributed by atoms with Crippen LogP contribution in [-0.2, 0) is 21.2 Å². The summed E-state index contributed by atoms with van der Waals surface area (Å²) in [6.07, 6.45) is 0.165. The minimum absolute atomic E-state index is 0.00726. The number of rotatable bonds is 12. The van der Waals surface area contributed by atoms with Gasteiger partial charge in [-0.15, -0.1) is 11.6 Å². The summed E-state index contributed by atoms with van der Waals surface area (Å²) in [5.74, 6) is -0.177. The van der Waals surface area contributed by atoms with E-state index >= 15 is 0 Å². The molecule has 0 spiro atoms. The Bertz CT molecular complexity index is 1320. The van der Waals surface area contributed by atoms with Gasteiger partial charge in [0.2, 0.25) is 10.0 Å². The van der Waals surface area contributed by atoms with Crippen molar-refractivity contribution in [3.63, 3.8) is 0 Å². The van der Waals surface area contributed by atoms with Gasteiger partial charge in [0.15, 0.2) is 12.5 Å². The fourth-order valence-corrected chi connectivity index (χ4v) is 4.72. The molecule has 0 saturated heterocycles. The molecule has 0 saturated carbocycles. The number of benzene rings is 2. The number of halogens is 1. The largest absolute Gasteiger partial charge is 0.464 e. The third-order valence-corrected chi connectivity index (χ3v) is 6.28. The SMILES string of the molecule is COCC(Nc1c(Nc2ccc(CCCl)c(S(N)(=O)=O)c2OCO)c(=O)c1=O)c1ccccc1. The molecule has 0 heterocycles. The van der Waals surface area contributed by atoms with Crippen LogP contribution >= 0.6 is 11.6 Å². The van der Waals surface area contributed by atoms with E-state index in [0.29, 0.717) is 0 Å². The lowest BCUT2D eigenvalue weighted by atomic mass is 10.1. The van der Waals surface area contributed by atoms with Gasteiger partial charge in [-0.25, -0.2) is 13.6 Å². The predicted molar refractivity (Wildman–Crippen MR) is 129 cm³/mol. The predicted octanol–water partition coefficient (Wildman–Crippen LogP) is 1.58. The second kappa shape index (κ2) is 11.0. The summed E-state index contributed by atoms with van der Waals surface area (Å²) >= 11 is 5.77. The highest BCUT2D eigenvalue weighted by Crippen LogP contribution is 2.38. The molecule has 1 unspecified atom stereocenters. The van der Waals surface area contributed by atoms with Gasteiger partial charge in [-0.05, 0) is 23.6 Å². The summed E-state index contributed by atoms with van der Waals surface area (Å²) in [6, 6.07) is 11.7. The van der Waals surface area contributed by atoms with E-state index in [1.165, 1.54) is 19.2 Å². The van der Waals surface area contributed by atoms with Crippen LogP contribution < -0.4 is 31.4 Å². The molecule has 0 amide bonds. The number of hydrogen-bond acceptors (Lipinski definition) is 9. The van der Waals surface area contributed by atoms with Gasteiger partial charge in [0, 0.05) is 13.0 Å². The first-order valence-electron chi connectivity index (χ1n) is 10.1. The van der Waals surface area contributed by atoms with Crippen molar-refractivity contribution in [2.75, 3.05) is 37.0 Å². The van der Waals surface area contributed by atoms with Crippen LogP contribution in [0.5, 0.6) is 5.75 Å². The minimum atomic E-state index is -4.29. The van der Waals surface area contributed by atoms with Gasteiger partial charge in [-0.2, -0.15) is 0 Å². The Morgan fingerprint density at radius 1 is 1.09 bits per heavy atom. The summed E-state index contributed by atoms with van der Waals surface area (Å²) in [6.45, 7) is -0.647. The van der Waals surface area contributed by atoms with Gasteiger partial charge in [-0.1, -0.05) is 36.4 Å². The third kappa shape index (κ3) is 5.40. The second-order valence-electron chi connectivity index (χ2n) is 7.28. The Kier molecular flexibility index (Phi) is 8.28. The van der Waals surface area contributed by atoms with Crippen LogP contribution in [0.3, 0.4) is 0 Å². The molecule has 5 N–H and O–H groups in total. The van der Waals surface area contributed by atoms with Crippen molar-refractivity contribution >= 4 is 38.7 Å². The van der Waals surface area contributed by atoms with Crippen molar-refractivity contribution < 1.29 is 23.0 Å². The Hall–Kier alpha value is -2.96. The van der Waals surface area contributed by atoms with Crippen molar-refractivity contribution in [2.45, 2.75) is 17.4 Å². The Morgan fingerprint density at radius 3 is 2.35 bits per heavy atom. The first-order valence-corrected chi connectivity index (χ1v) is 12.2. The number of aryl methyl sites for hydroxylation is 1. The molecule has 34 heavy (non-hydrogen) atoms. The normalized spacial score (nSPS) is 12.5. The summed E-state index contributed by atoms with van der Waals surface area (Å²) in [4.78, 5) is 24.4. The molecule has 3 aromatic rings. The highest BCUT2D eigenvalue weighted by Gasteiger charge is 2.28. The second-order valence-corrected chi connectivity index (χ2v) is 9.16. The Morgan fingerprint density at radius 2 is 1.76 bits per heavy atom. The number of nitrogens with one attached hydrogen (secondary N) is 2. The average molecular weight is 510 g/mol. The molecular formula is C22H24ClN3O7S. The highest BCUT2D eigenvalue weighted by molar-refractivity contribution is 7.89. The zero-order chi connectivity index (χ0) is 24.9. The molecule has 0 fully saturated rings. The van der Waals surface area contributed by atoms with Crippen molar-refractivity contribution in [2.24, 2.45) is 5.14 Å². The van der Waals surface area contributed by atoms with E-state index in [1.54, 1.807) is 0 Å². The molecule has 3 aromatic carbocycles. The van der Waals surface area contributed by atoms with Gasteiger partial charge in [0.1, 0.15) is 16.3 Å². The smallest absolute Gasteiger partial charge is 0.253 e. The molecular weight excluding hydrogens is 486 g/mol. The number of aliphatic hydroxyl groups excluding tert-OH is 1. The molecule has 0 aliphatic heterocycles. The number of anilines is 3. The van der Waals surface area contributed by atoms with E-state index in [2.05, 4.69) is 10.6 Å². The maximum absolute atomic E-state index is 12.4. The monoisotopic (exact) mass is 509 g/mol. The first-order chi connectivity index (χ1) is 16.2. The maximum Gasteiger partial charge on any atom is 0.253 e. The molecule has 12 heteroatoms. The lowest BCUT2D eigenvalue weighted by Gasteiger charge is -2.23. The number of aliphatic hydroxyl groups is 1. The van der Waals surface area contributed by atoms with E-state index in [0.717, 1.165) is 5.56 Å². The van der Waals surface area contributed by atoms with Gasteiger partial charge >= 0.3 is 0 Å². The lowest BCUT2D eigenvalue weighted by molar-refractivity contribution is 0.0963. The van der Waals surface area contributed by atoms with E-state index < -0.39 is 33.7 Å². The van der Waals surface area contributed by atoms with Crippen LogP contribution in [0.25, 0.3) is 0 Å². The standard InChI is InChI=1S/C22H24ClN3O7S/c1-32-11-16(13-5-3-2-4-6-13)26-18-17(19(28)20(18)29)25-15-8-7-14(9-10-23)22(34(24,30)31)21(15)33-12-27/h2-8,16,25-27H,9-12H2,1H3,(H2,24,30,31). The molecule has 1 atom stereocenters. The van der Waals surface area contributed by atoms with E-state index in [-0.39, 0.29) is 52.2 Å². The number of sulfonamides is 1. The van der Waals surface area contributed by atoms with Crippen LogP contribution in [-0.4, -0.2) is 39.9 Å². The number of nitrogens with two attached hydrogens (primary N) is 1. The van der Waals surface area contributed by atoms with Crippen molar-refractivity contribution in [3.8, 4) is 5.75 Å². The van der Waals surface area contributed by atoms with Crippen molar-refractivity contribution in [3.05, 3.63) is 74.0 Å². The van der Waals surface area contributed by atoms with E-state index in [9.17, 15) is 23.1 Å². The van der Waals surface area contributed by atoms with E-state index in [1.807, 2.05) is 30.3 Å². The fraction of sp³-hybridized carbons (Fsp3) is 0.273. The maximum atomic E-state index is 12.4. The zero-order valence-electron chi connectivity index (χ0n) is 18.2. The first kappa shape index (κ1) is 25.7. The Labute approximate surface area is 201 Å². The number of alkyl halides is 1. The fourth-order valence-electron chi connectivity index (χ4n) is 3.55. The Balaban J connectivity index is 2.04. The minimum Gasteiger partial charge on any atom is -0.464 e. The molecule has 0 aliphatic rings. The molecule has 182 valence electrons. The highest BCUT2D eigenvalue weighted by atomic mass is 35.5. The molecule has 0 aromatic heterocycles. The van der Waals surface area contributed by atoms with Gasteiger partial charge in [-0.3, -0.25) is 9.59 Å². The van der Waals surface area contributed by atoms with Gasteiger partial charge in [0.25, 0.3) is 10.9 Å².